The molecule has 0 unspecified atom stereocenters. The highest BCUT2D eigenvalue weighted by Gasteiger charge is 2.39. The van der Waals surface area contributed by atoms with Gasteiger partial charge >= 0.3 is 0 Å². The summed E-state index contributed by atoms with van der Waals surface area (Å²) in [5, 5.41) is 0.760. The van der Waals surface area contributed by atoms with Crippen LogP contribution in [0.1, 0.15) is 17.9 Å². The molecule has 0 N–H and O–H groups in total. The van der Waals surface area contributed by atoms with Crippen LogP contribution in [-0.2, 0) is 4.79 Å². The van der Waals surface area contributed by atoms with E-state index in [1.807, 2.05) is 24.3 Å². The molecule has 1 aliphatic carbocycles. The molecule has 13 heavy (non-hydrogen) atoms. The molecule has 0 bridgehead atoms. The molecule has 0 aliphatic heterocycles. The molecule has 66 valence electrons. The Bertz CT molecular complexity index is 371. The molecule has 1 saturated carbocycles. The van der Waals surface area contributed by atoms with Gasteiger partial charge in [-0.1, -0.05) is 29.8 Å². The molecule has 3 heteroatoms. The molecule has 1 fully saturated rings. The first kappa shape index (κ1) is 8.49. The van der Waals surface area contributed by atoms with Gasteiger partial charge in [-0.3, -0.25) is 0 Å². The Labute approximate surface area is 81.2 Å². The molecular formula is C10H8ClNO. The van der Waals surface area contributed by atoms with E-state index in [0.29, 0.717) is 5.92 Å². The van der Waals surface area contributed by atoms with Gasteiger partial charge in [-0.05, 0) is 18.1 Å². The maximum absolute atomic E-state index is 9.99. The molecule has 0 radical (unpaired) electrons. The van der Waals surface area contributed by atoms with Crippen LogP contribution in [0.15, 0.2) is 29.3 Å². The molecule has 2 rings (SSSR count). The van der Waals surface area contributed by atoms with Gasteiger partial charge in [-0.15, -0.1) is 0 Å². The van der Waals surface area contributed by atoms with Gasteiger partial charge in [0.1, 0.15) is 0 Å². The lowest BCUT2D eigenvalue weighted by molar-refractivity contribution is 0.562. The molecular weight excluding hydrogens is 186 g/mol. The van der Waals surface area contributed by atoms with Crippen LogP contribution >= 0.6 is 11.6 Å². The Morgan fingerprint density at radius 1 is 1.46 bits per heavy atom. The van der Waals surface area contributed by atoms with Crippen molar-refractivity contribution in [3.05, 3.63) is 34.9 Å². The van der Waals surface area contributed by atoms with E-state index in [4.69, 9.17) is 11.6 Å². The van der Waals surface area contributed by atoms with Gasteiger partial charge in [-0.2, -0.15) is 0 Å². The topological polar surface area (TPSA) is 29.4 Å². The molecule has 0 heterocycles. The highest BCUT2D eigenvalue weighted by Crippen LogP contribution is 2.45. The average molecular weight is 194 g/mol. The van der Waals surface area contributed by atoms with Gasteiger partial charge in [0.25, 0.3) is 0 Å². The van der Waals surface area contributed by atoms with Gasteiger partial charge in [0, 0.05) is 10.9 Å². The monoisotopic (exact) mass is 193 g/mol. The number of aliphatic imine (C=N–C) groups is 1. The quantitative estimate of drug-likeness (QED) is 0.524. The summed E-state index contributed by atoms with van der Waals surface area (Å²) >= 11 is 5.98. The van der Waals surface area contributed by atoms with Gasteiger partial charge < -0.3 is 0 Å². The molecule has 0 aromatic heterocycles. The Kier molecular flexibility index (Phi) is 2.17. The minimum Gasteiger partial charge on any atom is -0.211 e. The second kappa shape index (κ2) is 3.33. The van der Waals surface area contributed by atoms with E-state index in [0.717, 1.165) is 17.0 Å². The minimum absolute atomic E-state index is 0.109. The normalized spacial score (nSPS) is 25.0. The molecule has 2 atom stereocenters. The first-order chi connectivity index (χ1) is 6.33. The first-order valence-electron chi connectivity index (χ1n) is 4.14. The van der Waals surface area contributed by atoms with Crippen LogP contribution < -0.4 is 0 Å². The zero-order valence-electron chi connectivity index (χ0n) is 6.90. The summed E-state index contributed by atoms with van der Waals surface area (Å²) in [5.41, 5.74) is 1.09. The number of benzene rings is 1. The summed E-state index contributed by atoms with van der Waals surface area (Å²) in [4.78, 5) is 13.7. The average Bonchev–Trinajstić information content (AvgIpc) is 2.86. The van der Waals surface area contributed by atoms with Crippen molar-refractivity contribution in [2.45, 2.75) is 18.4 Å². The van der Waals surface area contributed by atoms with Crippen LogP contribution in [0.3, 0.4) is 0 Å². The Hall–Kier alpha value is -1.11. The molecule has 1 aliphatic rings. The summed E-state index contributed by atoms with van der Waals surface area (Å²) in [5.74, 6) is 0.329. The maximum atomic E-state index is 9.99. The predicted molar refractivity (Wildman–Crippen MR) is 50.7 cm³/mol. The second-order valence-corrected chi connectivity index (χ2v) is 3.56. The SMILES string of the molecule is O=C=N[C@H]1C[C@@H]1c1ccccc1Cl. The van der Waals surface area contributed by atoms with Crippen LogP contribution in [0.2, 0.25) is 5.02 Å². The van der Waals surface area contributed by atoms with E-state index < -0.39 is 0 Å². The highest BCUT2D eigenvalue weighted by atomic mass is 35.5. The lowest BCUT2D eigenvalue weighted by atomic mass is 10.1. The van der Waals surface area contributed by atoms with E-state index in [1.54, 1.807) is 6.08 Å². The standard InChI is InChI=1S/C10H8ClNO/c11-9-4-2-1-3-7(9)8-5-10(8)12-6-13/h1-4,8,10H,5H2/t8-,10+/m1/s1. The van der Waals surface area contributed by atoms with Crippen LogP contribution in [0.25, 0.3) is 0 Å². The van der Waals surface area contributed by atoms with E-state index in [2.05, 4.69) is 4.99 Å². The number of isocyanates is 1. The fraction of sp³-hybridized carbons (Fsp3) is 0.300. The third-order valence-corrected chi connectivity index (χ3v) is 2.62. The van der Waals surface area contributed by atoms with E-state index >= 15 is 0 Å². The van der Waals surface area contributed by atoms with Gasteiger partial charge in [0.15, 0.2) is 0 Å². The summed E-state index contributed by atoms with van der Waals surface area (Å²) in [6.07, 6.45) is 2.50. The van der Waals surface area contributed by atoms with Crippen molar-refractivity contribution >= 4 is 17.7 Å². The predicted octanol–water partition coefficient (Wildman–Crippen LogP) is 2.53. The number of halogens is 1. The van der Waals surface area contributed by atoms with E-state index in [-0.39, 0.29) is 6.04 Å². The van der Waals surface area contributed by atoms with Gasteiger partial charge in [0.05, 0.1) is 6.04 Å². The molecule has 0 saturated heterocycles. The summed E-state index contributed by atoms with van der Waals surface area (Å²) in [6, 6.07) is 7.79. The second-order valence-electron chi connectivity index (χ2n) is 3.15. The van der Waals surface area contributed by atoms with Crippen molar-refractivity contribution < 1.29 is 4.79 Å². The number of rotatable bonds is 2. The van der Waals surface area contributed by atoms with Crippen LogP contribution in [0.4, 0.5) is 0 Å². The molecule has 1 aromatic rings. The minimum atomic E-state index is 0.109. The summed E-state index contributed by atoms with van der Waals surface area (Å²) in [6.45, 7) is 0. The van der Waals surface area contributed by atoms with Gasteiger partial charge in [0.2, 0.25) is 6.08 Å². The number of nitrogens with zero attached hydrogens (tertiary/aromatic N) is 1. The maximum Gasteiger partial charge on any atom is 0.235 e. The number of hydrogen-bond acceptors (Lipinski definition) is 2. The smallest absolute Gasteiger partial charge is 0.211 e. The number of hydrogen-bond donors (Lipinski definition) is 0. The highest BCUT2D eigenvalue weighted by molar-refractivity contribution is 6.31. The van der Waals surface area contributed by atoms with E-state index in [1.165, 1.54) is 0 Å². The van der Waals surface area contributed by atoms with Crippen LogP contribution in [-0.4, -0.2) is 12.1 Å². The molecule has 0 amide bonds. The van der Waals surface area contributed by atoms with Crippen molar-refractivity contribution in [3.8, 4) is 0 Å². The molecule has 0 spiro atoms. The van der Waals surface area contributed by atoms with Crippen molar-refractivity contribution in [2.75, 3.05) is 0 Å². The number of carbonyl (C=O) groups excluding carboxylic acids is 1. The lowest BCUT2D eigenvalue weighted by Gasteiger charge is -1.99. The molecule has 2 nitrogen and oxygen atoms in total. The third-order valence-electron chi connectivity index (χ3n) is 2.28. The zero-order chi connectivity index (χ0) is 9.26. The Morgan fingerprint density at radius 2 is 2.23 bits per heavy atom. The van der Waals surface area contributed by atoms with Crippen LogP contribution in [0.5, 0.6) is 0 Å². The van der Waals surface area contributed by atoms with Crippen molar-refractivity contribution in [3.63, 3.8) is 0 Å². The lowest BCUT2D eigenvalue weighted by Crippen LogP contribution is -1.85. The third kappa shape index (κ3) is 1.64. The van der Waals surface area contributed by atoms with Crippen LogP contribution in [0, 0.1) is 0 Å². The fourth-order valence-corrected chi connectivity index (χ4v) is 1.78. The van der Waals surface area contributed by atoms with Crippen molar-refractivity contribution in [1.29, 1.82) is 0 Å². The zero-order valence-corrected chi connectivity index (χ0v) is 7.66. The first-order valence-corrected chi connectivity index (χ1v) is 4.52. The fourth-order valence-electron chi connectivity index (χ4n) is 1.50. The van der Waals surface area contributed by atoms with Gasteiger partial charge in [-0.25, -0.2) is 9.79 Å². The van der Waals surface area contributed by atoms with E-state index in [9.17, 15) is 4.79 Å². The molecule has 1 aromatic carbocycles. The van der Waals surface area contributed by atoms with Crippen molar-refractivity contribution in [1.82, 2.24) is 0 Å². The summed E-state index contributed by atoms with van der Waals surface area (Å²) in [7, 11) is 0. The van der Waals surface area contributed by atoms with Crippen molar-refractivity contribution in [2.24, 2.45) is 4.99 Å². The largest absolute Gasteiger partial charge is 0.235 e. The summed E-state index contributed by atoms with van der Waals surface area (Å²) < 4.78 is 0. The Morgan fingerprint density at radius 3 is 2.92 bits per heavy atom. The Balaban J connectivity index is 2.20.